The molecule has 2 heterocycles. The van der Waals surface area contributed by atoms with E-state index in [1.54, 1.807) is 11.3 Å². The quantitative estimate of drug-likeness (QED) is 0.903. The number of amides is 1. The molecule has 6 heteroatoms. The summed E-state index contributed by atoms with van der Waals surface area (Å²) in [5.74, 6) is 0.0897. The third-order valence-electron chi connectivity index (χ3n) is 3.91. The van der Waals surface area contributed by atoms with Crippen molar-refractivity contribution in [2.75, 3.05) is 26.2 Å². The number of thiazole rings is 1. The Hall–Kier alpha value is -0.980. The lowest BCUT2D eigenvalue weighted by Crippen LogP contribution is -2.51. The monoisotopic (exact) mass is 296 g/mol. The molecule has 2 rings (SSSR count). The standard InChI is InChI=1S/C14H24N4OS/c1-10(11(2)15)14(19)18-6-4-17(5-7-18)8-13-9-20-12(3)16-13/h9-11H,4-8,15H2,1-3H3. The smallest absolute Gasteiger partial charge is 0.227 e. The molecule has 2 unspecified atom stereocenters. The first-order valence-electron chi connectivity index (χ1n) is 7.15. The number of hydrogen-bond donors (Lipinski definition) is 1. The van der Waals surface area contributed by atoms with Gasteiger partial charge in [0.15, 0.2) is 0 Å². The van der Waals surface area contributed by atoms with Gasteiger partial charge in [0.05, 0.1) is 16.6 Å². The Morgan fingerprint density at radius 3 is 2.55 bits per heavy atom. The molecule has 112 valence electrons. The zero-order chi connectivity index (χ0) is 14.7. The summed E-state index contributed by atoms with van der Waals surface area (Å²) in [5, 5.41) is 3.23. The second-order valence-electron chi connectivity index (χ2n) is 5.61. The van der Waals surface area contributed by atoms with E-state index in [9.17, 15) is 4.79 Å². The average molecular weight is 296 g/mol. The van der Waals surface area contributed by atoms with Crippen molar-refractivity contribution in [3.8, 4) is 0 Å². The fraction of sp³-hybridized carbons (Fsp3) is 0.714. The molecule has 1 aliphatic heterocycles. The summed E-state index contributed by atoms with van der Waals surface area (Å²) in [7, 11) is 0. The van der Waals surface area contributed by atoms with Crippen LogP contribution in [0.1, 0.15) is 24.5 Å². The van der Waals surface area contributed by atoms with Crippen molar-refractivity contribution in [2.24, 2.45) is 11.7 Å². The Labute approximate surface area is 124 Å². The van der Waals surface area contributed by atoms with E-state index in [4.69, 9.17) is 5.73 Å². The summed E-state index contributed by atoms with van der Waals surface area (Å²) < 4.78 is 0. The van der Waals surface area contributed by atoms with Crippen molar-refractivity contribution in [3.05, 3.63) is 16.1 Å². The summed E-state index contributed by atoms with van der Waals surface area (Å²) in [5.41, 5.74) is 6.95. The lowest BCUT2D eigenvalue weighted by atomic mass is 10.0. The Morgan fingerprint density at radius 1 is 1.40 bits per heavy atom. The Bertz CT molecular complexity index is 452. The van der Waals surface area contributed by atoms with Gasteiger partial charge in [-0.2, -0.15) is 0 Å². The number of aromatic nitrogens is 1. The van der Waals surface area contributed by atoms with Crippen LogP contribution in [-0.4, -0.2) is 52.9 Å². The molecular weight excluding hydrogens is 272 g/mol. The van der Waals surface area contributed by atoms with Crippen LogP contribution in [0.4, 0.5) is 0 Å². The summed E-state index contributed by atoms with van der Waals surface area (Å²) in [6, 6.07) is -0.0847. The van der Waals surface area contributed by atoms with Crippen LogP contribution in [0.2, 0.25) is 0 Å². The molecule has 1 aliphatic rings. The van der Waals surface area contributed by atoms with Crippen LogP contribution in [0, 0.1) is 12.8 Å². The van der Waals surface area contributed by atoms with E-state index < -0.39 is 0 Å². The number of rotatable bonds is 4. The fourth-order valence-electron chi connectivity index (χ4n) is 2.35. The van der Waals surface area contributed by atoms with Crippen LogP contribution in [0.15, 0.2) is 5.38 Å². The van der Waals surface area contributed by atoms with Gasteiger partial charge < -0.3 is 10.6 Å². The topological polar surface area (TPSA) is 62.5 Å². The molecule has 2 atom stereocenters. The van der Waals surface area contributed by atoms with E-state index in [0.29, 0.717) is 0 Å². The zero-order valence-corrected chi connectivity index (χ0v) is 13.3. The van der Waals surface area contributed by atoms with Gasteiger partial charge in [0.2, 0.25) is 5.91 Å². The molecular formula is C14H24N4OS. The SMILES string of the molecule is Cc1nc(CN2CCN(C(=O)C(C)C(C)N)CC2)cs1. The molecule has 0 aromatic carbocycles. The summed E-state index contributed by atoms with van der Waals surface area (Å²) in [6.07, 6.45) is 0. The molecule has 1 aromatic rings. The van der Waals surface area contributed by atoms with Crippen molar-refractivity contribution < 1.29 is 4.79 Å². The van der Waals surface area contributed by atoms with Gasteiger partial charge >= 0.3 is 0 Å². The van der Waals surface area contributed by atoms with Crippen molar-refractivity contribution in [3.63, 3.8) is 0 Å². The Morgan fingerprint density at radius 2 is 2.05 bits per heavy atom. The van der Waals surface area contributed by atoms with Crippen molar-refractivity contribution in [1.29, 1.82) is 0 Å². The second kappa shape index (κ2) is 6.65. The molecule has 0 radical (unpaired) electrons. The van der Waals surface area contributed by atoms with Crippen molar-refractivity contribution in [2.45, 2.75) is 33.4 Å². The summed E-state index contributed by atoms with van der Waals surface area (Å²) >= 11 is 1.69. The number of nitrogens with two attached hydrogens (primary N) is 1. The third kappa shape index (κ3) is 3.77. The van der Waals surface area contributed by atoms with E-state index in [0.717, 1.165) is 43.4 Å². The maximum absolute atomic E-state index is 12.2. The van der Waals surface area contributed by atoms with E-state index in [-0.39, 0.29) is 17.9 Å². The highest BCUT2D eigenvalue weighted by molar-refractivity contribution is 7.09. The molecule has 0 saturated carbocycles. The van der Waals surface area contributed by atoms with E-state index in [1.807, 2.05) is 25.7 Å². The van der Waals surface area contributed by atoms with Gasteiger partial charge in [-0.3, -0.25) is 9.69 Å². The van der Waals surface area contributed by atoms with Gasteiger partial charge in [-0.15, -0.1) is 11.3 Å². The molecule has 1 amide bonds. The van der Waals surface area contributed by atoms with Crippen molar-refractivity contribution in [1.82, 2.24) is 14.8 Å². The van der Waals surface area contributed by atoms with Crippen LogP contribution in [0.5, 0.6) is 0 Å². The summed E-state index contributed by atoms with van der Waals surface area (Å²) in [6.45, 7) is 10.1. The minimum atomic E-state index is -0.0947. The van der Waals surface area contributed by atoms with Gasteiger partial charge in [0.1, 0.15) is 0 Å². The normalized spacial score (nSPS) is 19.9. The van der Waals surface area contributed by atoms with Gasteiger partial charge in [-0.05, 0) is 13.8 Å². The molecule has 0 aliphatic carbocycles. The first kappa shape index (κ1) is 15.4. The first-order valence-corrected chi connectivity index (χ1v) is 8.03. The number of nitrogens with zero attached hydrogens (tertiary/aromatic N) is 3. The summed E-state index contributed by atoms with van der Waals surface area (Å²) in [4.78, 5) is 21.0. The lowest BCUT2D eigenvalue weighted by molar-refractivity contribution is -0.137. The highest BCUT2D eigenvalue weighted by Gasteiger charge is 2.26. The van der Waals surface area contributed by atoms with Gasteiger partial charge in [0.25, 0.3) is 0 Å². The number of carbonyl (C=O) groups excluding carboxylic acids is 1. The number of hydrogen-bond acceptors (Lipinski definition) is 5. The number of carbonyl (C=O) groups is 1. The minimum Gasteiger partial charge on any atom is -0.340 e. The molecule has 1 fully saturated rings. The highest BCUT2D eigenvalue weighted by Crippen LogP contribution is 2.14. The largest absolute Gasteiger partial charge is 0.340 e. The van der Waals surface area contributed by atoms with Gasteiger partial charge in [-0.25, -0.2) is 4.98 Å². The molecule has 0 bridgehead atoms. The average Bonchev–Trinajstić information content (AvgIpc) is 2.83. The van der Waals surface area contributed by atoms with E-state index in [1.165, 1.54) is 0 Å². The zero-order valence-electron chi connectivity index (χ0n) is 12.5. The van der Waals surface area contributed by atoms with Crippen LogP contribution in [0.3, 0.4) is 0 Å². The first-order chi connectivity index (χ1) is 9.47. The lowest BCUT2D eigenvalue weighted by Gasteiger charge is -2.36. The van der Waals surface area contributed by atoms with Crippen LogP contribution in [0.25, 0.3) is 0 Å². The van der Waals surface area contributed by atoms with E-state index >= 15 is 0 Å². The van der Waals surface area contributed by atoms with Gasteiger partial charge in [0, 0.05) is 44.1 Å². The maximum Gasteiger partial charge on any atom is 0.227 e. The second-order valence-corrected chi connectivity index (χ2v) is 6.67. The van der Waals surface area contributed by atoms with Crippen LogP contribution >= 0.6 is 11.3 Å². The molecule has 0 spiro atoms. The third-order valence-corrected chi connectivity index (χ3v) is 4.74. The molecule has 1 aromatic heterocycles. The number of piperazine rings is 1. The Balaban J connectivity index is 1.82. The fourth-order valence-corrected chi connectivity index (χ4v) is 2.95. The van der Waals surface area contributed by atoms with Crippen LogP contribution < -0.4 is 5.73 Å². The van der Waals surface area contributed by atoms with Crippen LogP contribution in [-0.2, 0) is 11.3 Å². The predicted octanol–water partition coefficient (Wildman–Crippen LogP) is 1.08. The molecule has 1 saturated heterocycles. The molecule has 2 N–H and O–H groups in total. The highest BCUT2D eigenvalue weighted by atomic mass is 32.1. The molecule has 5 nitrogen and oxygen atoms in total. The molecule has 20 heavy (non-hydrogen) atoms. The number of aryl methyl sites for hydroxylation is 1. The van der Waals surface area contributed by atoms with Gasteiger partial charge in [-0.1, -0.05) is 6.92 Å². The predicted molar refractivity (Wildman–Crippen MR) is 81.5 cm³/mol. The maximum atomic E-state index is 12.2. The van der Waals surface area contributed by atoms with Crippen molar-refractivity contribution >= 4 is 17.2 Å². The minimum absolute atomic E-state index is 0.0847. The Kier molecular flexibility index (Phi) is 5.12. The van der Waals surface area contributed by atoms with E-state index in [2.05, 4.69) is 15.3 Å².